The highest BCUT2D eigenvalue weighted by molar-refractivity contribution is 7.17. The smallest absolute Gasteiger partial charge is 0.341 e. The molecule has 0 spiro atoms. The molecule has 2 aromatic rings. The maximum absolute atomic E-state index is 12.8. The summed E-state index contributed by atoms with van der Waals surface area (Å²) in [5.74, 6) is -1.04. The van der Waals surface area contributed by atoms with E-state index in [0.29, 0.717) is 22.7 Å². The van der Waals surface area contributed by atoms with Gasteiger partial charge in [-0.25, -0.2) is 9.59 Å². The van der Waals surface area contributed by atoms with E-state index in [2.05, 4.69) is 5.32 Å². The standard InChI is InChI=1S/C22H25NO6S/c1-3-16(29-18(24)12-11-14-8-7-13-28-14)20(25)23-21-19(22(26)27-4-2)15-9-5-6-10-17(15)30-21/h7-8,11-13,16H,3-6,9-10H2,1-2H3,(H,23,25)/b12-11+/t16-/m0/s1. The van der Waals surface area contributed by atoms with Crippen molar-refractivity contribution in [3.8, 4) is 0 Å². The highest BCUT2D eigenvalue weighted by atomic mass is 32.1. The molecule has 0 unspecified atom stereocenters. The van der Waals surface area contributed by atoms with Crippen LogP contribution in [0.4, 0.5) is 5.00 Å². The number of carbonyl (C=O) groups excluding carboxylic acids is 3. The van der Waals surface area contributed by atoms with Gasteiger partial charge in [0.2, 0.25) is 0 Å². The summed E-state index contributed by atoms with van der Waals surface area (Å²) in [4.78, 5) is 38.5. The van der Waals surface area contributed by atoms with Gasteiger partial charge in [-0.15, -0.1) is 11.3 Å². The van der Waals surface area contributed by atoms with Crippen LogP contribution in [0.3, 0.4) is 0 Å². The van der Waals surface area contributed by atoms with Gasteiger partial charge in [0.25, 0.3) is 5.91 Å². The molecule has 1 aliphatic carbocycles. The number of furan rings is 1. The third kappa shape index (κ3) is 5.18. The predicted octanol–water partition coefficient (Wildman–Crippen LogP) is 4.37. The van der Waals surface area contributed by atoms with Gasteiger partial charge in [0.05, 0.1) is 18.4 Å². The Morgan fingerprint density at radius 2 is 2.07 bits per heavy atom. The van der Waals surface area contributed by atoms with Gasteiger partial charge >= 0.3 is 11.9 Å². The molecule has 0 aliphatic heterocycles. The second-order valence-electron chi connectivity index (χ2n) is 6.81. The van der Waals surface area contributed by atoms with Crippen LogP contribution in [0.15, 0.2) is 28.9 Å². The zero-order valence-electron chi connectivity index (χ0n) is 17.1. The van der Waals surface area contributed by atoms with Crippen LogP contribution in [-0.4, -0.2) is 30.6 Å². The van der Waals surface area contributed by atoms with Crippen molar-refractivity contribution in [1.82, 2.24) is 0 Å². The summed E-state index contributed by atoms with van der Waals surface area (Å²) in [5, 5.41) is 3.26. The first kappa shape index (κ1) is 21.8. The summed E-state index contributed by atoms with van der Waals surface area (Å²) in [6.07, 6.45) is 7.23. The van der Waals surface area contributed by atoms with E-state index < -0.39 is 23.9 Å². The average molecular weight is 432 g/mol. The molecular weight excluding hydrogens is 406 g/mol. The molecule has 0 saturated carbocycles. The third-order valence-electron chi connectivity index (χ3n) is 4.74. The molecule has 0 fully saturated rings. The van der Waals surface area contributed by atoms with Crippen LogP contribution >= 0.6 is 11.3 Å². The molecule has 0 radical (unpaired) electrons. The molecule has 30 heavy (non-hydrogen) atoms. The largest absolute Gasteiger partial charge is 0.465 e. The number of esters is 2. The van der Waals surface area contributed by atoms with E-state index in [1.54, 1.807) is 26.0 Å². The minimum Gasteiger partial charge on any atom is -0.465 e. The predicted molar refractivity (Wildman–Crippen MR) is 113 cm³/mol. The van der Waals surface area contributed by atoms with Gasteiger partial charge in [-0.3, -0.25) is 4.79 Å². The fourth-order valence-electron chi connectivity index (χ4n) is 3.30. The molecule has 7 nitrogen and oxygen atoms in total. The molecule has 1 amide bonds. The van der Waals surface area contributed by atoms with Crippen LogP contribution in [0, 0.1) is 0 Å². The third-order valence-corrected chi connectivity index (χ3v) is 5.94. The summed E-state index contributed by atoms with van der Waals surface area (Å²) in [5.41, 5.74) is 1.40. The first-order valence-corrected chi connectivity index (χ1v) is 10.9. The van der Waals surface area contributed by atoms with E-state index in [0.717, 1.165) is 36.1 Å². The lowest BCUT2D eigenvalue weighted by molar-refractivity contribution is -0.149. The quantitative estimate of drug-likeness (QED) is 0.493. The molecule has 2 aromatic heterocycles. The number of thiophene rings is 1. The maximum atomic E-state index is 12.8. The summed E-state index contributed by atoms with van der Waals surface area (Å²) in [6, 6.07) is 3.40. The number of amides is 1. The number of carbonyl (C=O) groups is 3. The summed E-state index contributed by atoms with van der Waals surface area (Å²) in [6.45, 7) is 3.76. The highest BCUT2D eigenvalue weighted by Crippen LogP contribution is 2.38. The second kappa shape index (κ2) is 10.2. The van der Waals surface area contributed by atoms with E-state index in [1.165, 1.54) is 29.8 Å². The lowest BCUT2D eigenvalue weighted by Crippen LogP contribution is -2.31. The van der Waals surface area contributed by atoms with Gasteiger partial charge < -0.3 is 19.2 Å². The first-order valence-electron chi connectivity index (χ1n) is 10.1. The zero-order chi connectivity index (χ0) is 21.5. The number of fused-ring (bicyclic) bond motifs is 1. The molecule has 160 valence electrons. The number of ether oxygens (including phenoxy) is 2. The Labute approximate surface area is 179 Å². The van der Waals surface area contributed by atoms with Crippen molar-refractivity contribution < 1.29 is 28.3 Å². The Hall–Kier alpha value is -2.87. The maximum Gasteiger partial charge on any atom is 0.341 e. The van der Waals surface area contributed by atoms with Crippen LogP contribution in [-0.2, 0) is 31.9 Å². The minimum atomic E-state index is -0.979. The van der Waals surface area contributed by atoms with Gasteiger partial charge in [-0.2, -0.15) is 0 Å². The van der Waals surface area contributed by atoms with Gasteiger partial charge in [0, 0.05) is 11.0 Å². The van der Waals surface area contributed by atoms with Crippen LogP contribution in [0.5, 0.6) is 0 Å². The lowest BCUT2D eigenvalue weighted by atomic mass is 9.95. The van der Waals surface area contributed by atoms with Crippen LogP contribution in [0.25, 0.3) is 6.08 Å². The fourth-order valence-corrected chi connectivity index (χ4v) is 4.58. The Balaban J connectivity index is 1.72. The average Bonchev–Trinajstić information content (AvgIpc) is 3.37. The lowest BCUT2D eigenvalue weighted by Gasteiger charge is -2.15. The van der Waals surface area contributed by atoms with Crippen molar-refractivity contribution >= 4 is 40.3 Å². The second-order valence-corrected chi connectivity index (χ2v) is 7.91. The Bertz CT molecular complexity index is 928. The van der Waals surface area contributed by atoms with Crippen molar-refractivity contribution in [2.24, 2.45) is 0 Å². The van der Waals surface area contributed by atoms with Gasteiger partial charge in [0.15, 0.2) is 6.10 Å². The minimum absolute atomic E-state index is 0.258. The van der Waals surface area contributed by atoms with Gasteiger partial charge in [-0.05, 0) is 62.8 Å². The molecule has 1 N–H and O–H groups in total. The Morgan fingerprint density at radius 3 is 2.77 bits per heavy atom. The molecule has 2 heterocycles. The summed E-state index contributed by atoms with van der Waals surface area (Å²) < 4.78 is 15.6. The number of anilines is 1. The van der Waals surface area contributed by atoms with Crippen LogP contribution in [0.2, 0.25) is 0 Å². The molecule has 8 heteroatoms. The Kier molecular flexibility index (Phi) is 7.46. The van der Waals surface area contributed by atoms with Crippen molar-refractivity contribution in [3.63, 3.8) is 0 Å². The first-order chi connectivity index (χ1) is 14.5. The van der Waals surface area contributed by atoms with Crippen molar-refractivity contribution in [2.75, 3.05) is 11.9 Å². The number of nitrogens with one attached hydrogen (secondary N) is 1. The Morgan fingerprint density at radius 1 is 1.27 bits per heavy atom. The van der Waals surface area contributed by atoms with Gasteiger partial charge in [-0.1, -0.05) is 6.92 Å². The topological polar surface area (TPSA) is 94.8 Å². The van der Waals surface area contributed by atoms with E-state index in [1.807, 2.05) is 0 Å². The number of hydrogen-bond acceptors (Lipinski definition) is 7. The number of hydrogen-bond donors (Lipinski definition) is 1. The van der Waals surface area contributed by atoms with Crippen molar-refractivity contribution in [3.05, 3.63) is 46.2 Å². The zero-order valence-corrected chi connectivity index (χ0v) is 17.9. The SMILES string of the molecule is CCOC(=O)c1c(NC(=O)[C@H](CC)OC(=O)/C=C/c2ccco2)sc2c1CCCC2. The molecule has 1 atom stereocenters. The monoisotopic (exact) mass is 431 g/mol. The van der Waals surface area contributed by atoms with E-state index in [-0.39, 0.29) is 6.61 Å². The van der Waals surface area contributed by atoms with Crippen molar-refractivity contribution in [1.29, 1.82) is 0 Å². The van der Waals surface area contributed by atoms with E-state index >= 15 is 0 Å². The van der Waals surface area contributed by atoms with Crippen LogP contribution < -0.4 is 5.32 Å². The molecule has 0 bridgehead atoms. The van der Waals surface area contributed by atoms with Crippen molar-refractivity contribution in [2.45, 2.75) is 52.1 Å². The fraction of sp³-hybridized carbons (Fsp3) is 0.409. The molecule has 3 rings (SSSR count). The summed E-state index contributed by atoms with van der Waals surface area (Å²) >= 11 is 1.40. The van der Waals surface area contributed by atoms with E-state index in [9.17, 15) is 14.4 Å². The number of rotatable bonds is 8. The normalized spacial score (nSPS) is 14.2. The number of aryl methyl sites for hydroxylation is 1. The molecule has 0 aromatic carbocycles. The molecule has 0 saturated heterocycles. The summed E-state index contributed by atoms with van der Waals surface area (Å²) in [7, 11) is 0. The van der Waals surface area contributed by atoms with E-state index in [4.69, 9.17) is 13.9 Å². The van der Waals surface area contributed by atoms with Gasteiger partial charge in [0.1, 0.15) is 10.8 Å². The molecule has 1 aliphatic rings. The molecular formula is C22H25NO6S. The highest BCUT2D eigenvalue weighted by Gasteiger charge is 2.29. The van der Waals surface area contributed by atoms with Crippen LogP contribution in [0.1, 0.15) is 59.7 Å².